The third-order valence-corrected chi connectivity index (χ3v) is 6.66. The van der Waals surface area contributed by atoms with Crippen LogP contribution < -0.4 is 9.86 Å². The summed E-state index contributed by atoms with van der Waals surface area (Å²) in [5.74, 6) is 0. The average Bonchev–Trinajstić information content (AvgIpc) is 2.40. The lowest BCUT2D eigenvalue weighted by Gasteiger charge is -2.23. The number of nitrogens with two attached hydrogens (primary N) is 1. The first-order valence-electron chi connectivity index (χ1n) is 7.27. The van der Waals surface area contributed by atoms with Gasteiger partial charge in [0.1, 0.15) is 0 Å². The number of aryl methyl sites for hydroxylation is 1. The van der Waals surface area contributed by atoms with Gasteiger partial charge in [-0.3, -0.25) is 0 Å². The Morgan fingerprint density at radius 2 is 1.55 bits per heavy atom. The lowest BCUT2D eigenvalue weighted by atomic mass is 9.96. The standard InChI is InChI=1S/C14H22N2O4S2/c1-10-8-13(21(15,17)18)11(2)14(9-10)22(19,20)16-12-6-4-3-5-7-12/h8-9,12,16H,3-7H2,1-2H3,(H2,15,17,18). The van der Waals surface area contributed by atoms with Crippen molar-refractivity contribution in [1.82, 2.24) is 4.72 Å². The summed E-state index contributed by atoms with van der Waals surface area (Å²) in [4.78, 5) is -0.154. The van der Waals surface area contributed by atoms with Gasteiger partial charge < -0.3 is 0 Å². The molecule has 1 fully saturated rings. The highest BCUT2D eigenvalue weighted by molar-refractivity contribution is 7.90. The summed E-state index contributed by atoms with van der Waals surface area (Å²) >= 11 is 0. The summed E-state index contributed by atoms with van der Waals surface area (Å²) < 4.78 is 51.2. The lowest BCUT2D eigenvalue weighted by Crippen LogP contribution is -2.36. The van der Waals surface area contributed by atoms with E-state index >= 15 is 0 Å². The molecule has 0 spiro atoms. The Labute approximate surface area is 132 Å². The van der Waals surface area contributed by atoms with E-state index in [4.69, 9.17) is 5.14 Å². The molecule has 0 radical (unpaired) electrons. The van der Waals surface area contributed by atoms with Gasteiger partial charge in [0.2, 0.25) is 20.0 Å². The van der Waals surface area contributed by atoms with Gasteiger partial charge in [-0.25, -0.2) is 26.7 Å². The molecule has 124 valence electrons. The third kappa shape index (κ3) is 3.87. The smallest absolute Gasteiger partial charge is 0.225 e. The quantitative estimate of drug-likeness (QED) is 0.863. The molecule has 0 unspecified atom stereocenters. The van der Waals surface area contributed by atoms with E-state index < -0.39 is 20.0 Å². The minimum atomic E-state index is -3.96. The van der Waals surface area contributed by atoms with E-state index in [1.165, 1.54) is 19.1 Å². The number of rotatable bonds is 4. The molecule has 3 N–H and O–H groups in total. The Morgan fingerprint density at radius 1 is 1.00 bits per heavy atom. The van der Waals surface area contributed by atoms with Crippen LogP contribution in [0.5, 0.6) is 0 Å². The van der Waals surface area contributed by atoms with Crippen LogP contribution in [-0.2, 0) is 20.0 Å². The van der Waals surface area contributed by atoms with Crippen LogP contribution in [0, 0.1) is 13.8 Å². The van der Waals surface area contributed by atoms with E-state index in [0.717, 1.165) is 32.1 Å². The van der Waals surface area contributed by atoms with Crippen LogP contribution in [0.25, 0.3) is 0 Å². The molecular formula is C14H22N2O4S2. The molecule has 0 atom stereocenters. The molecule has 6 nitrogen and oxygen atoms in total. The maximum atomic E-state index is 12.6. The van der Waals surface area contributed by atoms with Gasteiger partial charge in [-0.2, -0.15) is 0 Å². The van der Waals surface area contributed by atoms with Gasteiger partial charge in [-0.05, 0) is 49.9 Å². The van der Waals surface area contributed by atoms with Gasteiger partial charge in [0.05, 0.1) is 9.79 Å². The number of sulfonamides is 2. The molecule has 2 rings (SSSR count). The molecule has 0 saturated heterocycles. The Kier molecular flexibility index (Phi) is 4.96. The predicted molar refractivity (Wildman–Crippen MR) is 84.5 cm³/mol. The zero-order chi connectivity index (χ0) is 16.5. The van der Waals surface area contributed by atoms with Crippen molar-refractivity contribution in [3.8, 4) is 0 Å². The van der Waals surface area contributed by atoms with Crippen LogP contribution in [0.3, 0.4) is 0 Å². The molecule has 1 aromatic carbocycles. The van der Waals surface area contributed by atoms with Gasteiger partial charge in [0, 0.05) is 6.04 Å². The molecule has 0 heterocycles. The summed E-state index contributed by atoms with van der Waals surface area (Å²) in [5, 5.41) is 5.18. The zero-order valence-electron chi connectivity index (χ0n) is 12.8. The monoisotopic (exact) mass is 346 g/mol. The van der Waals surface area contributed by atoms with Crippen LogP contribution in [0.1, 0.15) is 43.2 Å². The Hall–Kier alpha value is -0.960. The van der Waals surface area contributed by atoms with Crippen LogP contribution in [0.4, 0.5) is 0 Å². The van der Waals surface area contributed by atoms with E-state index in [9.17, 15) is 16.8 Å². The number of benzene rings is 1. The fourth-order valence-corrected chi connectivity index (χ4v) is 5.48. The van der Waals surface area contributed by atoms with Gasteiger partial charge in [0.15, 0.2) is 0 Å². The molecule has 0 bridgehead atoms. The van der Waals surface area contributed by atoms with Gasteiger partial charge in [-0.1, -0.05) is 19.3 Å². The van der Waals surface area contributed by atoms with E-state index in [-0.39, 0.29) is 21.4 Å². The Morgan fingerprint density at radius 3 is 2.09 bits per heavy atom. The molecular weight excluding hydrogens is 324 g/mol. The highest BCUT2D eigenvalue weighted by Crippen LogP contribution is 2.26. The van der Waals surface area contributed by atoms with Crippen molar-refractivity contribution in [3.05, 3.63) is 23.3 Å². The molecule has 1 aliphatic rings. The van der Waals surface area contributed by atoms with Crippen molar-refractivity contribution in [2.45, 2.75) is 61.8 Å². The SMILES string of the molecule is Cc1cc(S(N)(=O)=O)c(C)c(S(=O)(=O)NC2CCCCC2)c1. The zero-order valence-corrected chi connectivity index (χ0v) is 14.4. The second-order valence-corrected chi connectivity index (χ2v) is 9.10. The number of hydrogen-bond acceptors (Lipinski definition) is 4. The molecule has 1 saturated carbocycles. The van der Waals surface area contributed by atoms with Crippen molar-refractivity contribution >= 4 is 20.0 Å². The molecule has 0 aliphatic heterocycles. The fraction of sp³-hybridized carbons (Fsp3) is 0.571. The highest BCUT2D eigenvalue weighted by atomic mass is 32.2. The molecule has 0 amide bonds. The number of nitrogens with one attached hydrogen (secondary N) is 1. The van der Waals surface area contributed by atoms with E-state index in [1.807, 2.05) is 0 Å². The molecule has 22 heavy (non-hydrogen) atoms. The molecule has 0 aromatic heterocycles. The van der Waals surface area contributed by atoms with Crippen LogP contribution in [0.15, 0.2) is 21.9 Å². The Balaban J connectivity index is 2.44. The first kappa shape index (κ1) is 17.4. The average molecular weight is 346 g/mol. The van der Waals surface area contributed by atoms with Crippen LogP contribution in [-0.4, -0.2) is 22.9 Å². The maximum absolute atomic E-state index is 12.6. The summed E-state index contributed by atoms with van der Waals surface area (Å²) in [6.07, 6.45) is 4.75. The number of primary sulfonamides is 1. The highest BCUT2D eigenvalue weighted by Gasteiger charge is 2.26. The largest absolute Gasteiger partial charge is 0.241 e. The number of hydrogen-bond donors (Lipinski definition) is 2. The summed E-state index contributed by atoms with van der Waals surface area (Å²) in [5.41, 5.74) is 0.704. The Bertz CT molecular complexity index is 764. The minimum absolute atomic E-state index is 0.0119. The lowest BCUT2D eigenvalue weighted by molar-refractivity contribution is 0.412. The van der Waals surface area contributed by atoms with Crippen molar-refractivity contribution in [1.29, 1.82) is 0 Å². The van der Waals surface area contributed by atoms with Gasteiger partial charge >= 0.3 is 0 Å². The van der Waals surface area contributed by atoms with E-state index in [1.54, 1.807) is 6.92 Å². The third-order valence-electron chi connectivity index (χ3n) is 3.98. The first-order valence-corrected chi connectivity index (χ1v) is 10.3. The van der Waals surface area contributed by atoms with Crippen LogP contribution >= 0.6 is 0 Å². The molecule has 1 aromatic rings. The normalized spacial score (nSPS) is 17.6. The fourth-order valence-electron chi connectivity index (χ4n) is 2.87. The molecule has 1 aliphatic carbocycles. The summed E-state index contributed by atoms with van der Waals surface area (Å²) in [6, 6.07) is 2.79. The van der Waals surface area contributed by atoms with Crippen molar-refractivity contribution < 1.29 is 16.8 Å². The summed E-state index contributed by atoms with van der Waals surface area (Å²) in [7, 11) is -7.73. The second-order valence-electron chi connectivity index (χ2n) is 5.89. The van der Waals surface area contributed by atoms with Crippen molar-refractivity contribution in [2.75, 3.05) is 0 Å². The predicted octanol–water partition coefficient (Wildman–Crippen LogP) is 1.56. The van der Waals surface area contributed by atoms with Crippen LogP contribution in [0.2, 0.25) is 0 Å². The van der Waals surface area contributed by atoms with Gasteiger partial charge in [-0.15, -0.1) is 0 Å². The van der Waals surface area contributed by atoms with Crippen molar-refractivity contribution in [3.63, 3.8) is 0 Å². The first-order chi connectivity index (χ1) is 10.1. The minimum Gasteiger partial charge on any atom is -0.225 e. The van der Waals surface area contributed by atoms with Crippen molar-refractivity contribution in [2.24, 2.45) is 5.14 Å². The van der Waals surface area contributed by atoms with E-state index in [0.29, 0.717) is 5.56 Å². The topological polar surface area (TPSA) is 106 Å². The molecule has 8 heteroatoms. The van der Waals surface area contributed by atoms with E-state index in [2.05, 4.69) is 4.72 Å². The summed E-state index contributed by atoms with van der Waals surface area (Å²) in [6.45, 7) is 3.11. The second kappa shape index (κ2) is 6.27. The van der Waals surface area contributed by atoms with Gasteiger partial charge in [0.25, 0.3) is 0 Å². The maximum Gasteiger partial charge on any atom is 0.241 e.